The Balaban J connectivity index is 2.95. The number of rotatable bonds is 7. The Labute approximate surface area is 126 Å². The zero-order chi connectivity index (χ0) is 14.5. The van der Waals surface area contributed by atoms with Crippen molar-refractivity contribution in [2.45, 2.75) is 45.8 Å². The molecule has 2 nitrogen and oxygen atoms in total. The van der Waals surface area contributed by atoms with Crippen molar-refractivity contribution in [1.29, 1.82) is 0 Å². The highest BCUT2D eigenvalue weighted by atomic mass is 35.5. The van der Waals surface area contributed by atoms with Gasteiger partial charge in [-0.3, -0.25) is 0 Å². The summed E-state index contributed by atoms with van der Waals surface area (Å²) in [5, 5.41) is 4.89. The molecular formula is C15H23Cl2NO. The van der Waals surface area contributed by atoms with Crippen LogP contribution in [0.3, 0.4) is 0 Å². The molecule has 4 heteroatoms. The molecule has 1 atom stereocenters. The normalized spacial score (nSPS) is 13.6. The topological polar surface area (TPSA) is 21.3 Å². The van der Waals surface area contributed by atoms with Crippen LogP contribution in [0.4, 0.5) is 0 Å². The van der Waals surface area contributed by atoms with E-state index in [0.717, 1.165) is 18.5 Å². The summed E-state index contributed by atoms with van der Waals surface area (Å²) in [6.07, 6.45) is 0.749. The molecule has 0 radical (unpaired) electrons. The van der Waals surface area contributed by atoms with Crippen molar-refractivity contribution < 1.29 is 4.74 Å². The minimum atomic E-state index is -0.271. The summed E-state index contributed by atoms with van der Waals surface area (Å²) in [7, 11) is 0. The molecule has 0 fully saturated rings. The van der Waals surface area contributed by atoms with Gasteiger partial charge < -0.3 is 10.1 Å². The fourth-order valence-corrected chi connectivity index (χ4v) is 2.77. The predicted octanol–water partition coefficient (Wildman–Crippen LogP) is 4.33. The quantitative estimate of drug-likeness (QED) is 0.809. The number of benzene rings is 1. The lowest BCUT2D eigenvalue weighted by Gasteiger charge is -2.35. The first-order valence-electron chi connectivity index (χ1n) is 6.72. The number of halogens is 2. The third-order valence-corrected chi connectivity index (χ3v) is 3.98. The van der Waals surface area contributed by atoms with E-state index in [1.54, 1.807) is 0 Å². The molecule has 0 heterocycles. The molecule has 0 bridgehead atoms. The third-order valence-electron chi connectivity index (χ3n) is 3.28. The summed E-state index contributed by atoms with van der Waals surface area (Å²) >= 11 is 12.5. The maximum Gasteiger partial charge on any atom is 0.0781 e. The maximum atomic E-state index is 6.25. The molecule has 0 aromatic heterocycles. The van der Waals surface area contributed by atoms with Gasteiger partial charge in [-0.15, -0.1) is 0 Å². The Hall–Kier alpha value is -0.280. The van der Waals surface area contributed by atoms with Crippen LogP contribution in [0.25, 0.3) is 0 Å². The van der Waals surface area contributed by atoms with Gasteiger partial charge in [-0.05, 0) is 51.4 Å². The molecule has 0 spiro atoms. The Bertz CT molecular complexity index is 387. The molecule has 0 aliphatic carbocycles. The second kappa shape index (κ2) is 7.49. The molecule has 1 N–H and O–H groups in total. The number of likely N-dealkylation sites (N-methyl/N-ethyl adjacent to an activating group) is 1. The SMILES string of the molecule is CCNC(Cc1c(Cl)cccc1Cl)C(C)(C)OCC. The number of hydrogen-bond donors (Lipinski definition) is 1. The fourth-order valence-electron chi connectivity index (χ4n) is 2.21. The average molecular weight is 304 g/mol. The summed E-state index contributed by atoms with van der Waals surface area (Å²) in [6.45, 7) is 9.84. The van der Waals surface area contributed by atoms with E-state index < -0.39 is 0 Å². The van der Waals surface area contributed by atoms with Crippen LogP contribution >= 0.6 is 23.2 Å². The highest BCUT2D eigenvalue weighted by molar-refractivity contribution is 6.36. The molecule has 0 saturated heterocycles. The second-order valence-electron chi connectivity index (χ2n) is 5.05. The molecule has 1 rings (SSSR count). The highest BCUT2D eigenvalue weighted by Crippen LogP contribution is 2.28. The van der Waals surface area contributed by atoms with Crippen LogP contribution < -0.4 is 5.32 Å². The highest BCUT2D eigenvalue weighted by Gasteiger charge is 2.30. The smallest absolute Gasteiger partial charge is 0.0781 e. The third kappa shape index (κ3) is 4.64. The largest absolute Gasteiger partial charge is 0.374 e. The van der Waals surface area contributed by atoms with Crippen molar-refractivity contribution >= 4 is 23.2 Å². The van der Waals surface area contributed by atoms with Gasteiger partial charge in [0.2, 0.25) is 0 Å². The van der Waals surface area contributed by atoms with Crippen molar-refractivity contribution in [3.05, 3.63) is 33.8 Å². The van der Waals surface area contributed by atoms with E-state index in [1.165, 1.54) is 0 Å². The molecule has 0 amide bonds. The summed E-state index contributed by atoms with van der Waals surface area (Å²) in [5.41, 5.74) is 0.706. The van der Waals surface area contributed by atoms with Crippen LogP contribution in [0.5, 0.6) is 0 Å². The van der Waals surface area contributed by atoms with E-state index in [-0.39, 0.29) is 11.6 Å². The fraction of sp³-hybridized carbons (Fsp3) is 0.600. The molecule has 0 aliphatic rings. The van der Waals surface area contributed by atoms with Gasteiger partial charge in [0.05, 0.1) is 5.60 Å². The van der Waals surface area contributed by atoms with Crippen molar-refractivity contribution in [2.24, 2.45) is 0 Å². The molecule has 0 aliphatic heterocycles. The van der Waals surface area contributed by atoms with Gasteiger partial charge in [0, 0.05) is 22.7 Å². The van der Waals surface area contributed by atoms with Crippen LogP contribution in [-0.2, 0) is 11.2 Å². The summed E-state index contributed by atoms with van der Waals surface area (Å²) < 4.78 is 5.85. The van der Waals surface area contributed by atoms with E-state index >= 15 is 0 Å². The molecule has 108 valence electrons. The summed E-state index contributed by atoms with van der Waals surface area (Å²) in [5.74, 6) is 0. The van der Waals surface area contributed by atoms with Gasteiger partial charge >= 0.3 is 0 Å². The number of hydrogen-bond acceptors (Lipinski definition) is 2. The van der Waals surface area contributed by atoms with Crippen molar-refractivity contribution in [1.82, 2.24) is 5.32 Å². The average Bonchev–Trinajstić information content (AvgIpc) is 2.32. The van der Waals surface area contributed by atoms with E-state index in [4.69, 9.17) is 27.9 Å². The zero-order valence-electron chi connectivity index (χ0n) is 12.1. The lowest BCUT2D eigenvalue weighted by molar-refractivity contribution is -0.0376. The first-order valence-corrected chi connectivity index (χ1v) is 7.48. The monoisotopic (exact) mass is 303 g/mol. The van der Waals surface area contributed by atoms with Crippen molar-refractivity contribution in [3.63, 3.8) is 0 Å². The Morgan fingerprint density at radius 3 is 2.26 bits per heavy atom. The molecule has 19 heavy (non-hydrogen) atoms. The zero-order valence-corrected chi connectivity index (χ0v) is 13.6. The van der Waals surface area contributed by atoms with E-state index in [0.29, 0.717) is 16.7 Å². The predicted molar refractivity (Wildman–Crippen MR) is 83.3 cm³/mol. The van der Waals surface area contributed by atoms with Crippen molar-refractivity contribution in [3.8, 4) is 0 Å². The lowest BCUT2D eigenvalue weighted by Crippen LogP contribution is -2.50. The van der Waals surface area contributed by atoms with E-state index in [1.807, 2.05) is 25.1 Å². The standard InChI is InChI=1S/C15H23Cl2NO/c1-5-18-14(15(3,4)19-6-2)10-11-12(16)8-7-9-13(11)17/h7-9,14,18H,5-6,10H2,1-4H3. The lowest BCUT2D eigenvalue weighted by atomic mass is 9.92. The van der Waals surface area contributed by atoms with Gasteiger partial charge in [-0.25, -0.2) is 0 Å². The molecule has 1 unspecified atom stereocenters. The Morgan fingerprint density at radius 2 is 1.79 bits per heavy atom. The molecular weight excluding hydrogens is 281 g/mol. The van der Waals surface area contributed by atoms with Gasteiger partial charge in [0.15, 0.2) is 0 Å². The molecule has 0 saturated carbocycles. The second-order valence-corrected chi connectivity index (χ2v) is 5.87. The van der Waals surface area contributed by atoms with E-state index in [2.05, 4.69) is 26.1 Å². The van der Waals surface area contributed by atoms with Crippen LogP contribution in [-0.4, -0.2) is 24.8 Å². The minimum Gasteiger partial charge on any atom is -0.374 e. The molecule has 1 aromatic rings. The van der Waals surface area contributed by atoms with Crippen LogP contribution in [0, 0.1) is 0 Å². The van der Waals surface area contributed by atoms with Crippen LogP contribution in [0.15, 0.2) is 18.2 Å². The van der Waals surface area contributed by atoms with Crippen molar-refractivity contribution in [2.75, 3.05) is 13.2 Å². The summed E-state index contributed by atoms with van der Waals surface area (Å²) in [6, 6.07) is 5.78. The van der Waals surface area contributed by atoms with Gasteiger partial charge in [0.25, 0.3) is 0 Å². The number of ether oxygens (including phenoxy) is 1. The molecule has 1 aromatic carbocycles. The maximum absolute atomic E-state index is 6.25. The minimum absolute atomic E-state index is 0.162. The van der Waals surface area contributed by atoms with Crippen LogP contribution in [0.1, 0.15) is 33.3 Å². The first-order chi connectivity index (χ1) is 8.92. The number of nitrogens with one attached hydrogen (secondary N) is 1. The van der Waals surface area contributed by atoms with Gasteiger partial charge in [-0.2, -0.15) is 0 Å². The van der Waals surface area contributed by atoms with E-state index in [9.17, 15) is 0 Å². The first kappa shape index (κ1) is 16.8. The van der Waals surface area contributed by atoms with Gasteiger partial charge in [-0.1, -0.05) is 36.2 Å². The van der Waals surface area contributed by atoms with Gasteiger partial charge in [0.1, 0.15) is 0 Å². The summed E-state index contributed by atoms with van der Waals surface area (Å²) in [4.78, 5) is 0. The Kier molecular flexibility index (Phi) is 6.61. The Morgan fingerprint density at radius 1 is 1.21 bits per heavy atom. The van der Waals surface area contributed by atoms with Crippen LogP contribution in [0.2, 0.25) is 10.0 Å².